The number of benzene rings is 1. The van der Waals surface area contributed by atoms with E-state index in [4.69, 9.17) is 0 Å². The third-order valence-corrected chi connectivity index (χ3v) is 3.73. The van der Waals surface area contributed by atoms with E-state index >= 15 is 0 Å². The summed E-state index contributed by atoms with van der Waals surface area (Å²) in [7, 11) is 2.10. The lowest BCUT2D eigenvalue weighted by Crippen LogP contribution is -2.46. The Balaban J connectivity index is 1.92. The Hall–Kier alpha value is -2.25. The molecular formula is C14H17N5O2. The van der Waals surface area contributed by atoms with Gasteiger partial charge in [0.25, 0.3) is 5.69 Å². The van der Waals surface area contributed by atoms with Gasteiger partial charge < -0.3 is 10.3 Å². The number of nitrogens with zero attached hydrogens (tertiary/aromatic N) is 4. The number of piperazine rings is 1. The van der Waals surface area contributed by atoms with Gasteiger partial charge in [0.15, 0.2) is 0 Å². The largest absolute Gasteiger partial charge is 0.318 e. The summed E-state index contributed by atoms with van der Waals surface area (Å²) >= 11 is 0. The Kier molecular flexibility index (Phi) is 3.68. The maximum absolute atomic E-state index is 11.1. The number of aromatic nitrogens is 1. The number of hydrogen-bond acceptors (Lipinski definition) is 6. The molecule has 2 heterocycles. The van der Waals surface area contributed by atoms with Crippen LogP contribution in [0.2, 0.25) is 0 Å². The lowest BCUT2D eigenvalue weighted by Gasteiger charge is -2.33. The molecule has 1 aromatic carbocycles. The molecule has 1 aromatic heterocycles. The lowest BCUT2D eigenvalue weighted by molar-refractivity contribution is -0.383. The van der Waals surface area contributed by atoms with Gasteiger partial charge in [0.1, 0.15) is 5.52 Å². The zero-order valence-electron chi connectivity index (χ0n) is 11.8. The summed E-state index contributed by atoms with van der Waals surface area (Å²) in [6, 6.07) is 6.88. The van der Waals surface area contributed by atoms with Crippen LogP contribution in [0.15, 0.2) is 30.5 Å². The number of nitro groups is 1. The first-order valence-corrected chi connectivity index (χ1v) is 6.87. The predicted octanol–water partition coefficient (Wildman–Crippen LogP) is 1.72. The number of likely N-dealkylation sites (N-methyl/N-ethyl adjacent to an activating group) is 1. The highest BCUT2D eigenvalue weighted by atomic mass is 16.6. The van der Waals surface area contributed by atoms with E-state index in [9.17, 15) is 10.1 Å². The highest BCUT2D eigenvalue weighted by Gasteiger charge is 2.17. The van der Waals surface area contributed by atoms with Gasteiger partial charge in [0, 0.05) is 43.8 Å². The van der Waals surface area contributed by atoms with Gasteiger partial charge in [-0.15, -0.1) is 0 Å². The molecule has 1 saturated heterocycles. The van der Waals surface area contributed by atoms with Gasteiger partial charge in [-0.05, 0) is 13.1 Å². The molecule has 21 heavy (non-hydrogen) atoms. The Morgan fingerprint density at radius 2 is 2.00 bits per heavy atom. The number of non-ortho nitro benzene ring substituents is 1. The second-order valence-electron chi connectivity index (χ2n) is 5.19. The number of hydrogen-bond donors (Lipinski definition) is 1. The number of pyridine rings is 1. The minimum atomic E-state index is -0.394. The minimum Gasteiger partial charge on any atom is -0.318 e. The number of nitrogens with one attached hydrogen (secondary N) is 1. The third-order valence-electron chi connectivity index (χ3n) is 3.73. The van der Waals surface area contributed by atoms with Crippen LogP contribution in [0, 0.1) is 10.1 Å². The van der Waals surface area contributed by atoms with Gasteiger partial charge in [-0.2, -0.15) is 0 Å². The summed E-state index contributed by atoms with van der Waals surface area (Å²) in [4.78, 5) is 17.1. The van der Waals surface area contributed by atoms with Crippen molar-refractivity contribution in [1.82, 2.24) is 14.9 Å². The van der Waals surface area contributed by atoms with E-state index in [0.717, 1.165) is 37.3 Å². The lowest BCUT2D eigenvalue weighted by atomic mass is 10.1. The maximum Gasteiger partial charge on any atom is 0.295 e. The minimum absolute atomic E-state index is 0.0366. The molecule has 1 aliphatic rings. The van der Waals surface area contributed by atoms with Crippen LogP contribution in [0.4, 0.5) is 11.4 Å². The molecule has 2 aromatic rings. The van der Waals surface area contributed by atoms with Gasteiger partial charge in [-0.1, -0.05) is 12.1 Å². The fourth-order valence-electron chi connectivity index (χ4n) is 2.49. The van der Waals surface area contributed by atoms with E-state index in [-0.39, 0.29) is 5.69 Å². The van der Waals surface area contributed by atoms with Gasteiger partial charge in [0.05, 0.1) is 10.6 Å². The van der Waals surface area contributed by atoms with E-state index in [1.807, 2.05) is 12.1 Å². The Labute approximate surface area is 122 Å². The molecule has 1 aliphatic heterocycles. The van der Waals surface area contributed by atoms with Crippen LogP contribution in [0.25, 0.3) is 10.9 Å². The van der Waals surface area contributed by atoms with Crippen molar-refractivity contribution in [1.29, 1.82) is 0 Å². The molecule has 0 radical (unpaired) electrons. The van der Waals surface area contributed by atoms with Crippen molar-refractivity contribution < 1.29 is 4.92 Å². The van der Waals surface area contributed by atoms with E-state index in [1.165, 1.54) is 6.07 Å². The van der Waals surface area contributed by atoms with Crippen molar-refractivity contribution in [3.8, 4) is 0 Å². The topological polar surface area (TPSA) is 74.5 Å². The van der Waals surface area contributed by atoms with Crippen LogP contribution < -0.4 is 5.43 Å². The molecule has 110 valence electrons. The normalized spacial score (nSPS) is 17.0. The predicted molar refractivity (Wildman–Crippen MR) is 81.1 cm³/mol. The second kappa shape index (κ2) is 5.63. The zero-order valence-corrected chi connectivity index (χ0v) is 11.8. The van der Waals surface area contributed by atoms with Crippen molar-refractivity contribution >= 4 is 22.3 Å². The number of para-hydroxylation sites is 1. The van der Waals surface area contributed by atoms with Gasteiger partial charge in [-0.3, -0.25) is 10.1 Å². The molecular weight excluding hydrogens is 270 g/mol. The van der Waals surface area contributed by atoms with E-state index in [0.29, 0.717) is 5.52 Å². The van der Waals surface area contributed by atoms with Crippen LogP contribution >= 0.6 is 0 Å². The number of rotatable bonds is 3. The highest BCUT2D eigenvalue weighted by Crippen LogP contribution is 2.28. The smallest absolute Gasteiger partial charge is 0.295 e. The number of hydrazine groups is 1. The quantitative estimate of drug-likeness (QED) is 0.684. The molecule has 0 saturated carbocycles. The van der Waals surface area contributed by atoms with Crippen LogP contribution in [0.5, 0.6) is 0 Å². The first-order valence-electron chi connectivity index (χ1n) is 6.87. The summed E-state index contributed by atoms with van der Waals surface area (Å²) in [5.41, 5.74) is 4.66. The standard InChI is InChI=1S/C14H17N5O2/c1-17-7-9-18(10-8-17)16-12-5-6-15-14-11(12)3-2-4-13(14)19(20)21/h2-6H,7-10H2,1H3,(H,15,16). The molecule has 7 nitrogen and oxygen atoms in total. The summed E-state index contributed by atoms with van der Waals surface area (Å²) in [6.07, 6.45) is 1.60. The van der Waals surface area contributed by atoms with Crippen molar-refractivity contribution in [2.24, 2.45) is 0 Å². The van der Waals surface area contributed by atoms with Gasteiger partial charge in [-0.25, -0.2) is 9.99 Å². The fraction of sp³-hybridized carbons (Fsp3) is 0.357. The van der Waals surface area contributed by atoms with E-state index in [2.05, 4.69) is 27.4 Å². The van der Waals surface area contributed by atoms with Crippen LogP contribution in [0.3, 0.4) is 0 Å². The SMILES string of the molecule is CN1CCN(Nc2ccnc3c([N+](=O)[O-])cccc23)CC1. The van der Waals surface area contributed by atoms with Crippen molar-refractivity contribution in [2.45, 2.75) is 0 Å². The Bertz CT molecular complexity index is 667. The first-order chi connectivity index (χ1) is 10.1. The monoisotopic (exact) mass is 287 g/mol. The highest BCUT2D eigenvalue weighted by molar-refractivity contribution is 5.96. The van der Waals surface area contributed by atoms with Crippen LogP contribution in [-0.4, -0.2) is 53.0 Å². The average molecular weight is 287 g/mol. The van der Waals surface area contributed by atoms with Gasteiger partial charge >= 0.3 is 0 Å². The molecule has 0 amide bonds. The molecule has 0 atom stereocenters. The molecule has 0 spiro atoms. The fourth-order valence-corrected chi connectivity index (χ4v) is 2.49. The second-order valence-corrected chi connectivity index (χ2v) is 5.19. The Morgan fingerprint density at radius 1 is 1.24 bits per heavy atom. The number of anilines is 1. The number of nitro benzene ring substituents is 1. The van der Waals surface area contributed by atoms with E-state index < -0.39 is 4.92 Å². The van der Waals surface area contributed by atoms with Crippen molar-refractivity contribution in [2.75, 3.05) is 38.7 Å². The number of fused-ring (bicyclic) bond motifs is 1. The zero-order chi connectivity index (χ0) is 14.8. The Morgan fingerprint density at radius 3 is 2.71 bits per heavy atom. The molecule has 7 heteroatoms. The third kappa shape index (κ3) is 2.79. The van der Waals surface area contributed by atoms with E-state index in [1.54, 1.807) is 12.3 Å². The maximum atomic E-state index is 11.1. The summed E-state index contributed by atoms with van der Waals surface area (Å²) in [6.45, 7) is 3.82. The molecule has 1 N–H and O–H groups in total. The molecule has 0 unspecified atom stereocenters. The van der Waals surface area contributed by atoms with Crippen LogP contribution in [-0.2, 0) is 0 Å². The molecule has 3 rings (SSSR count). The molecule has 1 fully saturated rings. The van der Waals surface area contributed by atoms with Crippen LogP contribution in [0.1, 0.15) is 0 Å². The summed E-state index contributed by atoms with van der Waals surface area (Å²) in [5.74, 6) is 0. The molecule has 0 aliphatic carbocycles. The average Bonchev–Trinajstić information content (AvgIpc) is 2.49. The first kappa shape index (κ1) is 13.7. The summed E-state index contributed by atoms with van der Waals surface area (Å²) in [5, 5.41) is 14.0. The van der Waals surface area contributed by atoms with Crippen molar-refractivity contribution in [3.05, 3.63) is 40.6 Å². The summed E-state index contributed by atoms with van der Waals surface area (Å²) < 4.78 is 0. The molecule has 0 bridgehead atoms. The van der Waals surface area contributed by atoms with Crippen molar-refractivity contribution in [3.63, 3.8) is 0 Å². The van der Waals surface area contributed by atoms with Gasteiger partial charge in [0.2, 0.25) is 0 Å².